The van der Waals surface area contributed by atoms with Crippen LogP contribution in [0.3, 0.4) is 0 Å². The largest absolute Gasteiger partial charge is 0.497 e. The zero-order chi connectivity index (χ0) is 15.9. The third kappa shape index (κ3) is 2.92. The van der Waals surface area contributed by atoms with E-state index in [4.69, 9.17) is 23.7 Å². The van der Waals surface area contributed by atoms with Gasteiger partial charge in [0, 0.05) is 0 Å². The second-order valence-electron chi connectivity index (χ2n) is 6.06. The summed E-state index contributed by atoms with van der Waals surface area (Å²) in [6, 6.07) is 7.10. The molecule has 2 aliphatic heterocycles. The van der Waals surface area contributed by atoms with Crippen molar-refractivity contribution in [2.45, 2.75) is 57.3 Å². The van der Waals surface area contributed by atoms with Crippen LogP contribution in [-0.4, -0.2) is 48.7 Å². The van der Waals surface area contributed by atoms with Crippen molar-refractivity contribution >= 4 is 0 Å². The van der Waals surface area contributed by atoms with Crippen LogP contribution >= 0.6 is 0 Å². The highest BCUT2D eigenvalue weighted by Gasteiger charge is 2.54. The minimum absolute atomic E-state index is 0.238. The molecule has 2 fully saturated rings. The van der Waals surface area contributed by atoms with Gasteiger partial charge in [-0.1, -0.05) is 0 Å². The number of hydrogen-bond acceptors (Lipinski definition) is 6. The number of fused-ring (bicyclic) bond motifs is 1. The number of hydrogen-bond donors (Lipinski definition) is 1. The van der Waals surface area contributed by atoms with Gasteiger partial charge >= 0.3 is 0 Å². The Kier molecular flexibility index (Phi) is 4.03. The SMILES string of the molecule is COc1ccc(O[C@@H]2O[C@H](C)[C@@H]3OC(C)(C)O[C@@H]3[C@H]2O)cc1. The smallest absolute Gasteiger partial charge is 0.229 e. The van der Waals surface area contributed by atoms with E-state index in [1.54, 1.807) is 31.4 Å². The fraction of sp³-hybridized carbons (Fsp3) is 0.625. The Labute approximate surface area is 129 Å². The third-order valence-electron chi connectivity index (χ3n) is 3.90. The van der Waals surface area contributed by atoms with Gasteiger partial charge in [0.2, 0.25) is 6.29 Å². The number of ether oxygens (including phenoxy) is 5. The molecule has 0 spiro atoms. The van der Waals surface area contributed by atoms with Crippen LogP contribution in [0.25, 0.3) is 0 Å². The van der Waals surface area contributed by atoms with E-state index in [0.717, 1.165) is 5.75 Å². The Morgan fingerprint density at radius 3 is 2.27 bits per heavy atom. The third-order valence-corrected chi connectivity index (χ3v) is 3.90. The van der Waals surface area contributed by atoms with Crippen LogP contribution in [-0.2, 0) is 14.2 Å². The van der Waals surface area contributed by atoms with Gasteiger partial charge in [0.05, 0.1) is 13.2 Å². The summed E-state index contributed by atoms with van der Waals surface area (Å²) in [5.41, 5.74) is 0. The Hall–Kier alpha value is -1.34. The molecular weight excluding hydrogens is 288 g/mol. The molecule has 1 aromatic carbocycles. The molecule has 0 radical (unpaired) electrons. The zero-order valence-corrected chi connectivity index (χ0v) is 13.2. The average Bonchev–Trinajstić information content (AvgIpc) is 2.82. The Balaban J connectivity index is 1.72. The predicted molar refractivity (Wildman–Crippen MR) is 77.8 cm³/mol. The highest BCUT2D eigenvalue weighted by Crippen LogP contribution is 2.37. The summed E-state index contributed by atoms with van der Waals surface area (Å²) in [6.07, 6.45) is -2.74. The first-order valence-electron chi connectivity index (χ1n) is 7.39. The average molecular weight is 310 g/mol. The van der Waals surface area contributed by atoms with Gasteiger partial charge in [-0.2, -0.15) is 0 Å². The standard InChI is InChI=1S/C16H22O6/c1-9-13-14(22-16(2,3)21-13)12(17)15(19-9)20-11-7-5-10(18-4)6-8-11/h5-9,12-15,17H,1-4H3/t9-,12-,13+,14-,15+/m1/s1. The number of benzene rings is 1. The lowest BCUT2D eigenvalue weighted by molar-refractivity contribution is -0.244. The maximum Gasteiger partial charge on any atom is 0.229 e. The highest BCUT2D eigenvalue weighted by atomic mass is 16.8. The van der Waals surface area contributed by atoms with E-state index in [9.17, 15) is 5.11 Å². The van der Waals surface area contributed by atoms with Gasteiger partial charge in [0.1, 0.15) is 29.8 Å². The fourth-order valence-electron chi connectivity index (χ4n) is 2.85. The second kappa shape index (κ2) is 5.70. The van der Waals surface area contributed by atoms with E-state index in [0.29, 0.717) is 5.75 Å². The quantitative estimate of drug-likeness (QED) is 0.916. The number of aliphatic hydroxyl groups is 1. The molecule has 6 nitrogen and oxygen atoms in total. The molecule has 0 amide bonds. The molecule has 1 N–H and O–H groups in total. The van der Waals surface area contributed by atoms with Crippen molar-refractivity contribution in [2.24, 2.45) is 0 Å². The molecule has 0 aliphatic carbocycles. The monoisotopic (exact) mass is 310 g/mol. The van der Waals surface area contributed by atoms with Crippen molar-refractivity contribution in [2.75, 3.05) is 7.11 Å². The van der Waals surface area contributed by atoms with E-state index in [1.807, 2.05) is 20.8 Å². The van der Waals surface area contributed by atoms with Crippen molar-refractivity contribution in [3.8, 4) is 11.5 Å². The molecule has 0 saturated carbocycles. The molecule has 122 valence electrons. The highest BCUT2D eigenvalue weighted by molar-refractivity contribution is 5.31. The van der Waals surface area contributed by atoms with Gasteiger partial charge in [-0.25, -0.2) is 0 Å². The summed E-state index contributed by atoms with van der Waals surface area (Å²) in [7, 11) is 1.60. The Bertz CT molecular complexity index is 514. The van der Waals surface area contributed by atoms with E-state index >= 15 is 0 Å². The number of aliphatic hydroxyl groups excluding tert-OH is 1. The molecule has 22 heavy (non-hydrogen) atoms. The summed E-state index contributed by atoms with van der Waals surface area (Å²) in [4.78, 5) is 0. The lowest BCUT2D eigenvalue weighted by atomic mass is 10.00. The van der Waals surface area contributed by atoms with Gasteiger partial charge in [0.15, 0.2) is 5.79 Å². The van der Waals surface area contributed by atoms with Crippen molar-refractivity contribution in [3.05, 3.63) is 24.3 Å². The van der Waals surface area contributed by atoms with Crippen molar-refractivity contribution < 1.29 is 28.8 Å². The van der Waals surface area contributed by atoms with Crippen LogP contribution in [0.15, 0.2) is 24.3 Å². The lowest BCUT2D eigenvalue weighted by Gasteiger charge is -2.38. The minimum Gasteiger partial charge on any atom is -0.497 e. The van der Waals surface area contributed by atoms with Gasteiger partial charge in [0.25, 0.3) is 0 Å². The second-order valence-corrected chi connectivity index (χ2v) is 6.06. The first-order chi connectivity index (χ1) is 10.4. The molecule has 2 saturated heterocycles. The summed E-state index contributed by atoms with van der Waals surface area (Å²) in [5.74, 6) is 0.594. The molecule has 1 aromatic rings. The molecule has 0 unspecified atom stereocenters. The van der Waals surface area contributed by atoms with Gasteiger partial charge < -0.3 is 28.8 Å². The van der Waals surface area contributed by atoms with Crippen molar-refractivity contribution in [1.29, 1.82) is 0 Å². The normalized spacial score (nSPS) is 36.7. The van der Waals surface area contributed by atoms with Crippen LogP contribution in [0.1, 0.15) is 20.8 Å². The lowest BCUT2D eigenvalue weighted by Crippen LogP contribution is -2.57. The van der Waals surface area contributed by atoms with Crippen LogP contribution in [0.2, 0.25) is 0 Å². The zero-order valence-electron chi connectivity index (χ0n) is 13.2. The van der Waals surface area contributed by atoms with E-state index in [1.165, 1.54) is 0 Å². The molecular formula is C16H22O6. The van der Waals surface area contributed by atoms with Crippen molar-refractivity contribution in [1.82, 2.24) is 0 Å². The molecule has 0 aromatic heterocycles. The number of rotatable bonds is 3. The molecule has 0 bridgehead atoms. The number of methoxy groups -OCH3 is 1. The minimum atomic E-state index is -0.926. The van der Waals surface area contributed by atoms with Gasteiger partial charge in [-0.05, 0) is 45.0 Å². The van der Waals surface area contributed by atoms with E-state index in [-0.39, 0.29) is 12.2 Å². The maximum absolute atomic E-state index is 10.5. The predicted octanol–water partition coefficient (Wildman–Crippen LogP) is 1.70. The Morgan fingerprint density at radius 2 is 1.64 bits per heavy atom. The fourth-order valence-corrected chi connectivity index (χ4v) is 2.85. The van der Waals surface area contributed by atoms with Crippen molar-refractivity contribution in [3.63, 3.8) is 0 Å². The molecule has 2 aliphatic rings. The molecule has 3 rings (SSSR count). The Morgan fingerprint density at radius 1 is 1.05 bits per heavy atom. The van der Waals surface area contributed by atoms with Crippen LogP contribution in [0, 0.1) is 0 Å². The van der Waals surface area contributed by atoms with E-state index < -0.39 is 24.3 Å². The summed E-state index contributed by atoms with van der Waals surface area (Å²) < 4.78 is 28.2. The van der Waals surface area contributed by atoms with Gasteiger partial charge in [-0.3, -0.25) is 0 Å². The van der Waals surface area contributed by atoms with Crippen LogP contribution < -0.4 is 9.47 Å². The topological polar surface area (TPSA) is 66.4 Å². The van der Waals surface area contributed by atoms with Gasteiger partial charge in [-0.15, -0.1) is 0 Å². The summed E-state index contributed by atoms with van der Waals surface area (Å²) >= 11 is 0. The summed E-state index contributed by atoms with van der Waals surface area (Å²) in [6.45, 7) is 5.53. The first-order valence-corrected chi connectivity index (χ1v) is 7.39. The summed E-state index contributed by atoms with van der Waals surface area (Å²) in [5, 5.41) is 10.5. The van der Waals surface area contributed by atoms with E-state index in [2.05, 4.69) is 0 Å². The molecule has 5 atom stereocenters. The first kappa shape index (κ1) is 15.6. The molecule has 6 heteroatoms. The molecule has 2 heterocycles. The van der Waals surface area contributed by atoms with Crippen LogP contribution in [0.5, 0.6) is 11.5 Å². The maximum atomic E-state index is 10.5. The van der Waals surface area contributed by atoms with Crippen LogP contribution in [0.4, 0.5) is 0 Å².